The fraction of sp³-hybridized carbons (Fsp3) is 0.471. The van der Waals surface area contributed by atoms with Crippen LogP contribution < -0.4 is 14.8 Å². The summed E-state index contributed by atoms with van der Waals surface area (Å²) in [7, 11) is 0. The number of aromatic nitrogens is 10. The first-order chi connectivity index (χ1) is 24.4. The molecule has 1 aliphatic heterocycles. The summed E-state index contributed by atoms with van der Waals surface area (Å²) in [5.41, 5.74) is 2.34. The molecular weight excluding hydrogens is 660 g/mol. The van der Waals surface area contributed by atoms with Crippen molar-refractivity contribution in [2.75, 3.05) is 18.4 Å². The number of rotatable bonds is 12. The highest BCUT2D eigenvalue weighted by molar-refractivity contribution is 6.32. The summed E-state index contributed by atoms with van der Waals surface area (Å²) in [6.07, 6.45) is 15.0. The normalized spacial score (nSPS) is 21.8. The minimum absolute atomic E-state index is 0.182. The quantitative estimate of drug-likeness (QED) is 0.182. The number of hydrogen-bond acceptors (Lipinski definition) is 13. The van der Waals surface area contributed by atoms with Crippen molar-refractivity contribution in [3.63, 3.8) is 0 Å². The Hall–Kier alpha value is -4.73. The van der Waals surface area contributed by atoms with Crippen LogP contribution in [0.25, 0.3) is 11.1 Å². The fourth-order valence-corrected chi connectivity index (χ4v) is 6.87. The molecule has 15 nitrogen and oxygen atoms in total. The molecular formula is C34H41ClN12O3. The van der Waals surface area contributed by atoms with E-state index >= 15 is 0 Å². The highest BCUT2D eigenvalue weighted by Crippen LogP contribution is 2.36. The third-order valence-corrected chi connectivity index (χ3v) is 9.30. The number of ether oxygens (including phenoxy) is 3. The smallest absolute Gasteiger partial charge is 0.257 e. The lowest BCUT2D eigenvalue weighted by atomic mass is 9.89. The number of halogens is 1. The van der Waals surface area contributed by atoms with Crippen molar-refractivity contribution in [3.05, 3.63) is 72.4 Å². The van der Waals surface area contributed by atoms with E-state index < -0.39 is 0 Å². The second kappa shape index (κ2) is 15.4. The third kappa shape index (κ3) is 8.34. The van der Waals surface area contributed by atoms with Crippen LogP contribution in [0.3, 0.4) is 0 Å². The number of anilines is 2. The number of tetrazole rings is 1. The molecule has 2 aliphatic rings. The molecule has 3 atom stereocenters. The predicted octanol–water partition coefficient (Wildman–Crippen LogP) is 5.15. The van der Waals surface area contributed by atoms with E-state index in [2.05, 4.69) is 59.5 Å². The van der Waals surface area contributed by atoms with E-state index in [4.69, 9.17) is 30.9 Å². The van der Waals surface area contributed by atoms with Gasteiger partial charge in [0, 0.05) is 49.5 Å². The van der Waals surface area contributed by atoms with Gasteiger partial charge in [-0.3, -0.25) is 9.58 Å². The average Bonchev–Trinajstić information content (AvgIpc) is 3.79. The molecule has 5 aromatic rings. The standard InChI is InChI=1S/C34H41ClN12O3/c1-22-16-45(17-23(2)49-22)27-6-8-28(9-7-27)47-19-30(33(42-47)48-20-32-36-11-4-12-37-32)41-34-38-14-26(15-39-34)25-5-10-29(35)31(13-25)50-24(3)18-46-21-40-43-44-46/h4-5,10-15,19,21-24,27-28H,6-9,16-18,20H2,1-3H3,(H,38,39,41)/t22-,23+,24?,27?,28?. The SMILES string of the molecule is CC(Cn1cnnn1)Oc1cc(-c2cnc(Nc3cn(C4CCC(N5C[C@@H](C)O[C@@H](C)C5)CC4)nc3OCc3ncccn3)nc2)ccc1Cl. The van der Waals surface area contributed by atoms with Gasteiger partial charge in [0.25, 0.3) is 5.88 Å². The lowest BCUT2D eigenvalue weighted by Crippen LogP contribution is -2.51. The van der Waals surface area contributed by atoms with E-state index in [1.165, 1.54) is 0 Å². The molecule has 1 aliphatic carbocycles. The average molecular weight is 701 g/mol. The van der Waals surface area contributed by atoms with Gasteiger partial charge in [0.2, 0.25) is 5.95 Å². The number of morpholine rings is 1. The van der Waals surface area contributed by atoms with Gasteiger partial charge < -0.3 is 19.5 Å². The van der Waals surface area contributed by atoms with Gasteiger partial charge in [0.05, 0.1) is 36.0 Å². The third-order valence-electron chi connectivity index (χ3n) is 8.99. The van der Waals surface area contributed by atoms with Gasteiger partial charge >= 0.3 is 0 Å². The molecule has 1 saturated heterocycles. The van der Waals surface area contributed by atoms with Gasteiger partial charge in [-0.25, -0.2) is 24.6 Å². The molecule has 262 valence electrons. The monoisotopic (exact) mass is 700 g/mol. The zero-order valence-corrected chi connectivity index (χ0v) is 29.1. The number of nitrogens with zero attached hydrogens (tertiary/aromatic N) is 11. The van der Waals surface area contributed by atoms with E-state index in [1.807, 2.05) is 29.9 Å². The van der Waals surface area contributed by atoms with Crippen LogP contribution in [0.4, 0.5) is 11.6 Å². The van der Waals surface area contributed by atoms with Crippen LogP contribution >= 0.6 is 11.6 Å². The van der Waals surface area contributed by atoms with E-state index in [-0.39, 0.29) is 31.0 Å². The van der Waals surface area contributed by atoms with Crippen molar-refractivity contribution in [2.24, 2.45) is 0 Å². The minimum atomic E-state index is -0.215. The second-order valence-electron chi connectivity index (χ2n) is 13.0. The number of nitrogens with one attached hydrogen (secondary N) is 1. The van der Waals surface area contributed by atoms with Gasteiger partial charge in [0.15, 0.2) is 5.82 Å². The Kier molecular flexibility index (Phi) is 10.4. The van der Waals surface area contributed by atoms with E-state index in [1.54, 1.807) is 47.9 Å². The molecule has 0 radical (unpaired) electrons. The van der Waals surface area contributed by atoms with Crippen LogP contribution in [0.5, 0.6) is 11.6 Å². The maximum atomic E-state index is 6.47. The molecule has 4 aromatic heterocycles. The van der Waals surface area contributed by atoms with Crippen LogP contribution in [0.2, 0.25) is 5.02 Å². The highest BCUT2D eigenvalue weighted by atomic mass is 35.5. The minimum Gasteiger partial charge on any atom is -0.487 e. The molecule has 50 heavy (non-hydrogen) atoms. The molecule has 0 amide bonds. The second-order valence-corrected chi connectivity index (χ2v) is 13.4. The van der Waals surface area contributed by atoms with Crippen molar-refractivity contribution in [2.45, 2.75) is 90.0 Å². The van der Waals surface area contributed by atoms with Crippen molar-refractivity contribution in [1.29, 1.82) is 0 Å². The van der Waals surface area contributed by atoms with Crippen LogP contribution in [-0.4, -0.2) is 92.3 Å². The van der Waals surface area contributed by atoms with E-state index in [9.17, 15) is 0 Å². The largest absolute Gasteiger partial charge is 0.487 e. The molecule has 7 rings (SSSR count). The van der Waals surface area contributed by atoms with Crippen molar-refractivity contribution in [3.8, 4) is 22.8 Å². The Morgan fingerprint density at radius 2 is 1.72 bits per heavy atom. The van der Waals surface area contributed by atoms with Gasteiger partial charge in [-0.05, 0) is 80.6 Å². The molecule has 0 bridgehead atoms. The Morgan fingerprint density at radius 1 is 0.980 bits per heavy atom. The summed E-state index contributed by atoms with van der Waals surface area (Å²) in [5, 5.41) is 19.9. The molecule has 16 heteroatoms. The zero-order valence-electron chi connectivity index (χ0n) is 28.3. The Labute approximate surface area is 295 Å². The summed E-state index contributed by atoms with van der Waals surface area (Å²) in [5.74, 6) is 1.97. The molecule has 0 spiro atoms. The molecule has 1 N–H and O–H groups in total. The maximum Gasteiger partial charge on any atom is 0.257 e. The van der Waals surface area contributed by atoms with Gasteiger partial charge in [-0.15, -0.1) is 10.2 Å². The fourth-order valence-electron chi connectivity index (χ4n) is 6.71. The van der Waals surface area contributed by atoms with Crippen LogP contribution in [0.15, 0.2) is 61.6 Å². The lowest BCUT2D eigenvalue weighted by Gasteiger charge is -2.42. The summed E-state index contributed by atoms with van der Waals surface area (Å²) in [6.45, 7) is 8.90. The number of benzene rings is 1. The van der Waals surface area contributed by atoms with E-state index in [0.717, 1.165) is 49.9 Å². The van der Waals surface area contributed by atoms with Crippen molar-refractivity contribution < 1.29 is 14.2 Å². The maximum absolute atomic E-state index is 6.47. The van der Waals surface area contributed by atoms with Gasteiger partial charge in [-0.1, -0.05) is 17.7 Å². The summed E-state index contributed by atoms with van der Waals surface area (Å²) in [4.78, 5) is 20.4. The summed E-state index contributed by atoms with van der Waals surface area (Å²) < 4.78 is 21.9. The Balaban J connectivity index is 1.04. The zero-order chi connectivity index (χ0) is 34.5. The molecule has 1 saturated carbocycles. The van der Waals surface area contributed by atoms with Crippen LogP contribution in [-0.2, 0) is 17.9 Å². The molecule has 5 heterocycles. The van der Waals surface area contributed by atoms with Crippen molar-refractivity contribution >= 4 is 23.2 Å². The van der Waals surface area contributed by atoms with Crippen LogP contribution in [0, 0.1) is 0 Å². The summed E-state index contributed by atoms with van der Waals surface area (Å²) in [6, 6.07) is 8.18. The molecule has 2 fully saturated rings. The lowest BCUT2D eigenvalue weighted by molar-refractivity contribution is -0.0852. The Bertz CT molecular complexity index is 1810. The Morgan fingerprint density at radius 3 is 2.44 bits per heavy atom. The number of hydrogen-bond donors (Lipinski definition) is 1. The highest BCUT2D eigenvalue weighted by Gasteiger charge is 2.32. The molecule has 1 unspecified atom stereocenters. The van der Waals surface area contributed by atoms with Crippen LogP contribution in [0.1, 0.15) is 58.3 Å². The first-order valence-corrected chi connectivity index (χ1v) is 17.4. The van der Waals surface area contributed by atoms with Crippen molar-refractivity contribution in [1.82, 2.24) is 54.8 Å². The van der Waals surface area contributed by atoms with Gasteiger partial charge in [-0.2, -0.15) is 0 Å². The topological polar surface area (TPSA) is 156 Å². The predicted molar refractivity (Wildman–Crippen MR) is 185 cm³/mol. The molecule has 1 aromatic carbocycles. The first kappa shape index (κ1) is 33.8. The first-order valence-electron chi connectivity index (χ1n) is 17.0. The van der Waals surface area contributed by atoms with Gasteiger partial charge in [0.1, 0.15) is 30.5 Å². The summed E-state index contributed by atoms with van der Waals surface area (Å²) >= 11 is 6.47. The van der Waals surface area contributed by atoms with E-state index in [0.29, 0.717) is 46.7 Å².